The monoisotopic (exact) mass is 230 g/mol. The molecular weight excluding hydrogens is 212 g/mol. The first kappa shape index (κ1) is 10.1. The minimum Gasteiger partial charge on any atom is -0.310 e. The smallest absolute Gasteiger partial charge is 0.217 e. The molecule has 1 saturated carbocycles. The molecule has 0 radical (unpaired) electrons. The normalized spacial score (nSPS) is 37.9. The van der Waals surface area contributed by atoms with Crippen LogP contribution < -0.4 is 5.32 Å². The van der Waals surface area contributed by atoms with E-state index in [1.807, 2.05) is 0 Å². The number of hydrogen-bond acceptors (Lipinski definition) is 3. The van der Waals surface area contributed by atoms with Gasteiger partial charge in [-0.1, -0.05) is 0 Å². The quantitative estimate of drug-likeness (QED) is 0.742. The molecule has 15 heavy (non-hydrogen) atoms. The van der Waals surface area contributed by atoms with Gasteiger partial charge in [0.2, 0.25) is 10.0 Å². The summed E-state index contributed by atoms with van der Waals surface area (Å²) in [5.41, 5.74) is 0. The largest absolute Gasteiger partial charge is 0.310 e. The lowest BCUT2D eigenvalue weighted by Gasteiger charge is -2.23. The van der Waals surface area contributed by atoms with Crippen molar-refractivity contribution in [2.45, 2.75) is 49.4 Å². The van der Waals surface area contributed by atoms with Crippen LogP contribution in [0.5, 0.6) is 0 Å². The van der Waals surface area contributed by atoms with Gasteiger partial charge in [0.25, 0.3) is 0 Å². The van der Waals surface area contributed by atoms with Crippen molar-refractivity contribution in [1.29, 1.82) is 0 Å². The SMILES string of the molecule is O=S(=O)(C1CC1)N1CCC2CCC(C1)N2. The summed E-state index contributed by atoms with van der Waals surface area (Å²) < 4.78 is 25.9. The zero-order valence-electron chi connectivity index (χ0n) is 8.85. The first-order chi connectivity index (χ1) is 7.16. The average Bonchev–Trinajstić information content (AvgIpc) is 2.93. The van der Waals surface area contributed by atoms with E-state index in [9.17, 15) is 8.42 Å². The van der Waals surface area contributed by atoms with Crippen LogP contribution >= 0.6 is 0 Å². The molecule has 1 aliphatic carbocycles. The van der Waals surface area contributed by atoms with Crippen LogP contribution in [0.15, 0.2) is 0 Å². The van der Waals surface area contributed by atoms with Crippen LogP contribution in [0.3, 0.4) is 0 Å². The van der Waals surface area contributed by atoms with Gasteiger partial charge in [0, 0.05) is 25.2 Å². The standard InChI is InChI=1S/C10H18N2O2S/c13-15(14,10-3-4-10)12-6-5-8-1-2-9(7-12)11-8/h8-11H,1-7H2. The topological polar surface area (TPSA) is 49.4 Å². The summed E-state index contributed by atoms with van der Waals surface area (Å²) in [6, 6.07) is 0.973. The predicted molar refractivity (Wildman–Crippen MR) is 58.1 cm³/mol. The van der Waals surface area contributed by atoms with Crippen molar-refractivity contribution in [1.82, 2.24) is 9.62 Å². The Morgan fingerprint density at radius 3 is 2.47 bits per heavy atom. The van der Waals surface area contributed by atoms with E-state index in [1.165, 1.54) is 6.42 Å². The number of nitrogens with zero attached hydrogens (tertiary/aromatic N) is 1. The van der Waals surface area contributed by atoms with Crippen molar-refractivity contribution in [3.05, 3.63) is 0 Å². The van der Waals surface area contributed by atoms with Crippen molar-refractivity contribution in [2.75, 3.05) is 13.1 Å². The molecule has 0 aromatic heterocycles. The van der Waals surface area contributed by atoms with Gasteiger partial charge >= 0.3 is 0 Å². The van der Waals surface area contributed by atoms with E-state index in [0.29, 0.717) is 18.6 Å². The summed E-state index contributed by atoms with van der Waals surface area (Å²) in [4.78, 5) is 0. The third-order valence-electron chi connectivity index (χ3n) is 3.79. The lowest BCUT2D eigenvalue weighted by atomic mass is 10.1. The summed E-state index contributed by atoms with van der Waals surface area (Å²) in [5.74, 6) is 0. The van der Waals surface area contributed by atoms with Gasteiger partial charge in [0.15, 0.2) is 0 Å². The fraction of sp³-hybridized carbons (Fsp3) is 1.00. The molecule has 4 nitrogen and oxygen atoms in total. The molecule has 0 amide bonds. The maximum Gasteiger partial charge on any atom is 0.217 e. The van der Waals surface area contributed by atoms with E-state index in [1.54, 1.807) is 4.31 Å². The molecule has 2 saturated heterocycles. The van der Waals surface area contributed by atoms with Crippen molar-refractivity contribution in [3.63, 3.8) is 0 Å². The molecule has 3 rings (SSSR count). The fourth-order valence-corrected chi connectivity index (χ4v) is 4.62. The van der Waals surface area contributed by atoms with Gasteiger partial charge < -0.3 is 5.32 Å². The Morgan fingerprint density at radius 2 is 1.73 bits per heavy atom. The second-order valence-corrected chi connectivity index (χ2v) is 7.24. The van der Waals surface area contributed by atoms with Gasteiger partial charge in [-0.15, -0.1) is 0 Å². The lowest BCUT2D eigenvalue weighted by Crippen LogP contribution is -2.40. The van der Waals surface area contributed by atoms with Crippen LogP contribution in [-0.4, -0.2) is 43.1 Å². The van der Waals surface area contributed by atoms with Gasteiger partial charge in [-0.3, -0.25) is 0 Å². The maximum absolute atomic E-state index is 12.1. The highest BCUT2D eigenvalue weighted by molar-refractivity contribution is 7.90. The van der Waals surface area contributed by atoms with Gasteiger partial charge in [0.1, 0.15) is 0 Å². The number of rotatable bonds is 2. The highest BCUT2D eigenvalue weighted by atomic mass is 32.2. The fourth-order valence-electron chi connectivity index (χ4n) is 2.72. The third-order valence-corrected chi connectivity index (χ3v) is 6.16. The molecule has 2 heterocycles. The number of hydrogen-bond donors (Lipinski definition) is 1. The molecule has 5 heteroatoms. The minimum absolute atomic E-state index is 0.0471. The molecule has 3 aliphatic rings. The number of sulfonamides is 1. The van der Waals surface area contributed by atoms with E-state index in [2.05, 4.69) is 5.32 Å². The van der Waals surface area contributed by atoms with Crippen LogP contribution in [0.1, 0.15) is 32.1 Å². The molecule has 0 aromatic carbocycles. The van der Waals surface area contributed by atoms with E-state index < -0.39 is 10.0 Å². The Bertz CT molecular complexity index is 350. The molecule has 3 fully saturated rings. The summed E-state index contributed by atoms with van der Waals surface area (Å²) in [6.45, 7) is 1.43. The summed E-state index contributed by atoms with van der Waals surface area (Å²) in [6.07, 6.45) is 5.10. The van der Waals surface area contributed by atoms with Gasteiger partial charge in [-0.05, 0) is 32.1 Å². The molecule has 86 valence electrons. The zero-order chi connectivity index (χ0) is 10.5. The molecule has 2 bridgehead atoms. The molecule has 2 aliphatic heterocycles. The maximum atomic E-state index is 12.1. The van der Waals surface area contributed by atoms with E-state index in [0.717, 1.165) is 32.2 Å². The van der Waals surface area contributed by atoms with E-state index >= 15 is 0 Å². The highest BCUT2D eigenvalue weighted by Crippen LogP contribution is 2.33. The first-order valence-electron chi connectivity index (χ1n) is 5.91. The summed E-state index contributed by atoms with van der Waals surface area (Å²) in [5, 5.41) is 3.46. The van der Waals surface area contributed by atoms with Crippen molar-refractivity contribution in [3.8, 4) is 0 Å². The predicted octanol–water partition coefficient (Wildman–Crippen LogP) is 0.305. The van der Waals surface area contributed by atoms with Crippen molar-refractivity contribution < 1.29 is 8.42 Å². The van der Waals surface area contributed by atoms with Crippen LogP contribution in [-0.2, 0) is 10.0 Å². The molecule has 1 N–H and O–H groups in total. The second-order valence-electron chi connectivity index (χ2n) is 5.03. The minimum atomic E-state index is -2.94. The summed E-state index contributed by atoms with van der Waals surface area (Å²) >= 11 is 0. The molecule has 0 spiro atoms. The zero-order valence-corrected chi connectivity index (χ0v) is 9.67. The second kappa shape index (κ2) is 3.43. The average molecular weight is 230 g/mol. The lowest BCUT2D eigenvalue weighted by molar-refractivity contribution is 0.382. The van der Waals surface area contributed by atoms with E-state index in [4.69, 9.17) is 0 Å². The van der Waals surface area contributed by atoms with Crippen molar-refractivity contribution >= 4 is 10.0 Å². The van der Waals surface area contributed by atoms with Gasteiger partial charge in [-0.2, -0.15) is 0 Å². The summed E-state index contributed by atoms with van der Waals surface area (Å²) in [7, 11) is -2.94. The Morgan fingerprint density at radius 1 is 1.00 bits per heavy atom. The third kappa shape index (κ3) is 1.81. The Balaban J connectivity index is 1.76. The number of fused-ring (bicyclic) bond motifs is 2. The van der Waals surface area contributed by atoms with Gasteiger partial charge in [0.05, 0.1) is 5.25 Å². The van der Waals surface area contributed by atoms with Gasteiger partial charge in [-0.25, -0.2) is 12.7 Å². The van der Waals surface area contributed by atoms with Crippen LogP contribution in [0.4, 0.5) is 0 Å². The Hall–Kier alpha value is -0.130. The van der Waals surface area contributed by atoms with Crippen LogP contribution in [0, 0.1) is 0 Å². The molecular formula is C10H18N2O2S. The van der Waals surface area contributed by atoms with E-state index in [-0.39, 0.29) is 5.25 Å². The Kier molecular flexibility index (Phi) is 2.30. The molecule has 2 atom stereocenters. The first-order valence-corrected chi connectivity index (χ1v) is 7.41. The highest BCUT2D eigenvalue weighted by Gasteiger charge is 2.42. The Labute approximate surface area is 91.1 Å². The van der Waals surface area contributed by atoms with Crippen LogP contribution in [0.25, 0.3) is 0 Å². The van der Waals surface area contributed by atoms with Crippen LogP contribution in [0.2, 0.25) is 0 Å². The van der Waals surface area contributed by atoms with Crippen molar-refractivity contribution in [2.24, 2.45) is 0 Å². The molecule has 0 aromatic rings. The number of nitrogens with one attached hydrogen (secondary N) is 1. The molecule has 2 unspecified atom stereocenters.